The van der Waals surface area contributed by atoms with E-state index < -0.39 is 5.82 Å². The highest BCUT2D eigenvalue weighted by molar-refractivity contribution is 5.50. The van der Waals surface area contributed by atoms with Crippen molar-refractivity contribution in [3.05, 3.63) is 34.6 Å². The number of nitriles is 3. The van der Waals surface area contributed by atoms with Gasteiger partial charge in [-0.15, -0.1) is 0 Å². The van der Waals surface area contributed by atoms with Crippen LogP contribution in [-0.2, 0) is 0 Å². The molecular formula is C9H2FN3. The van der Waals surface area contributed by atoms with Gasteiger partial charge in [-0.1, -0.05) is 0 Å². The molecule has 13 heavy (non-hydrogen) atoms. The van der Waals surface area contributed by atoms with Crippen LogP contribution in [0, 0.1) is 39.8 Å². The Kier molecular flexibility index (Phi) is 2.24. The lowest BCUT2D eigenvalue weighted by atomic mass is 10.1. The fourth-order valence-electron chi connectivity index (χ4n) is 0.844. The molecule has 0 fully saturated rings. The quantitative estimate of drug-likeness (QED) is 0.592. The van der Waals surface area contributed by atoms with Crippen molar-refractivity contribution in [1.29, 1.82) is 15.8 Å². The summed E-state index contributed by atoms with van der Waals surface area (Å²) in [6.07, 6.45) is 0. The normalized spacial score (nSPS) is 8.15. The van der Waals surface area contributed by atoms with Gasteiger partial charge in [-0.2, -0.15) is 15.8 Å². The van der Waals surface area contributed by atoms with E-state index in [2.05, 4.69) is 0 Å². The number of rotatable bonds is 0. The first-order chi connectivity index (χ1) is 6.22. The molecule has 0 aliphatic carbocycles. The molecule has 0 saturated heterocycles. The zero-order chi connectivity index (χ0) is 9.84. The lowest BCUT2D eigenvalue weighted by Crippen LogP contribution is -1.90. The Labute approximate surface area is 73.9 Å². The molecule has 0 N–H and O–H groups in total. The Morgan fingerprint density at radius 2 is 1.31 bits per heavy atom. The summed E-state index contributed by atoms with van der Waals surface area (Å²) >= 11 is 0. The molecule has 0 radical (unpaired) electrons. The van der Waals surface area contributed by atoms with Crippen LogP contribution in [0.15, 0.2) is 12.1 Å². The van der Waals surface area contributed by atoms with Gasteiger partial charge in [0.15, 0.2) is 0 Å². The first-order valence-corrected chi connectivity index (χ1v) is 3.26. The van der Waals surface area contributed by atoms with E-state index in [1.54, 1.807) is 18.2 Å². The van der Waals surface area contributed by atoms with Crippen LogP contribution in [0.4, 0.5) is 4.39 Å². The molecule has 0 heterocycles. The third kappa shape index (κ3) is 1.45. The molecule has 0 saturated carbocycles. The molecule has 0 aliphatic rings. The summed E-state index contributed by atoms with van der Waals surface area (Å²) in [6, 6.07) is 6.91. The van der Waals surface area contributed by atoms with Gasteiger partial charge < -0.3 is 0 Å². The Balaban J connectivity index is 3.51. The van der Waals surface area contributed by atoms with Crippen molar-refractivity contribution in [1.82, 2.24) is 0 Å². The molecule has 60 valence electrons. The van der Waals surface area contributed by atoms with Crippen LogP contribution in [0.3, 0.4) is 0 Å². The van der Waals surface area contributed by atoms with E-state index in [1.807, 2.05) is 0 Å². The number of benzene rings is 1. The lowest BCUT2D eigenvalue weighted by Gasteiger charge is -1.95. The molecule has 0 aliphatic heterocycles. The van der Waals surface area contributed by atoms with Gasteiger partial charge in [-0.05, 0) is 12.1 Å². The topological polar surface area (TPSA) is 71.4 Å². The Morgan fingerprint density at radius 1 is 0.846 bits per heavy atom. The molecule has 0 bridgehead atoms. The molecule has 0 atom stereocenters. The predicted molar refractivity (Wildman–Crippen MR) is 40.5 cm³/mol. The largest absolute Gasteiger partial charge is 0.205 e. The molecular weight excluding hydrogens is 169 g/mol. The standard InChI is InChI=1S/C9H2FN3/c10-9-2-7(4-12)6(3-11)1-8(9)5-13/h1-2H. The molecule has 1 aromatic rings. The number of hydrogen-bond donors (Lipinski definition) is 0. The van der Waals surface area contributed by atoms with Crippen LogP contribution in [-0.4, -0.2) is 0 Å². The summed E-state index contributed by atoms with van der Waals surface area (Å²) in [5.41, 5.74) is -0.269. The van der Waals surface area contributed by atoms with Crippen molar-refractivity contribution in [3.63, 3.8) is 0 Å². The summed E-state index contributed by atoms with van der Waals surface area (Å²) in [5, 5.41) is 25.4. The second-order valence-electron chi connectivity index (χ2n) is 2.21. The van der Waals surface area contributed by atoms with E-state index in [9.17, 15) is 4.39 Å². The average Bonchev–Trinajstić information content (AvgIpc) is 2.17. The zero-order valence-corrected chi connectivity index (χ0v) is 6.37. The van der Waals surface area contributed by atoms with Crippen molar-refractivity contribution >= 4 is 0 Å². The van der Waals surface area contributed by atoms with Gasteiger partial charge in [-0.25, -0.2) is 4.39 Å². The fourth-order valence-corrected chi connectivity index (χ4v) is 0.844. The monoisotopic (exact) mass is 171 g/mol. The molecule has 0 amide bonds. The van der Waals surface area contributed by atoms with Gasteiger partial charge >= 0.3 is 0 Å². The number of hydrogen-bond acceptors (Lipinski definition) is 3. The van der Waals surface area contributed by atoms with E-state index in [1.165, 1.54) is 0 Å². The molecule has 1 aromatic carbocycles. The highest BCUT2D eigenvalue weighted by atomic mass is 19.1. The maximum absolute atomic E-state index is 12.9. The van der Waals surface area contributed by atoms with Crippen molar-refractivity contribution in [2.24, 2.45) is 0 Å². The summed E-state index contributed by atoms with van der Waals surface area (Å²) in [6.45, 7) is 0. The molecule has 3 nitrogen and oxygen atoms in total. The second kappa shape index (κ2) is 3.34. The van der Waals surface area contributed by atoms with Crippen LogP contribution in [0.1, 0.15) is 16.7 Å². The fraction of sp³-hybridized carbons (Fsp3) is 0. The van der Waals surface area contributed by atoms with E-state index in [0.717, 1.165) is 12.1 Å². The third-order valence-corrected chi connectivity index (χ3v) is 1.47. The number of halogens is 1. The summed E-state index contributed by atoms with van der Waals surface area (Å²) in [5.74, 6) is -0.780. The van der Waals surface area contributed by atoms with Crippen LogP contribution < -0.4 is 0 Å². The third-order valence-electron chi connectivity index (χ3n) is 1.47. The maximum atomic E-state index is 12.9. The minimum absolute atomic E-state index is 0.0143. The second-order valence-corrected chi connectivity index (χ2v) is 2.21. The van der Waals surface area contributed by atoms with Crippen LogP contribution >= 0.6 is 0 Å². The van der Waals surface area contributed by atoms with Crippen molar-refractivity contribution in [3.8, 4) is 18.2 Å². The maximum Gasteiger partial charge on any atom is 0.142 e. The van der Waals surface area contributed by atoms with Crippen molar-refractivity contribution in [2.75, 3.05) is 0 Å². The average molecular weight is 171 g/mol. The Morgan fingerprint density at radius 3 is 1.77 bits per heavy atom. The molecule has 0 aromatic heterocycles. The summed E-state index contributed by atoms with van der Waals surface area (Å²) < 4.78 is 12.9. The van der Waals surface area contributed by atoms with E-state index in [0.29, 0.717) is 0 Å². The number of nitrogens with zero attached hydrogens (tertiary/aromatic N) is 3. The minimum atomic E-state index is -0.780. The van der Waals surface area contributed by atoms with Gasteiger partial charge in [0.05, 0.1) is 16.7 Å². The SMILES string of the molecule is N#Cc1cc(C#N)c(C#N)cc1F. The molecule has 4 heteroatoms. The first-order valence-electron chi connectivity index (χ1n) is 3.26. The minimum Gasteiger partial charge on any atom is -0.205 e. The van der Waals surface area contributed by atoms with E-state index >= 15 is 0 Å². The van der Waals surface area contributed by atoms with Gasteiger partial charge in [0.25, 0.3) is 0 Å². The van der Waals surface area contributed by atoms with Gasteiger partial charge in [0.1, 0.15) is 24.0 Å². The molecule has 0 unspecified atom stereocenters. The molecule has 0 spiro atoms. The first kappa shape index (κ1) is 8.71. The highest BCUT2D eigenvalue weighted by Gasteiger charge is 2.08. The van der Waals surface area contributed by atoms with E-state index in [-0.39, 0.29) is 16.7 Å². The van der Waals surface area contributed by atoms with Crippen LogP contribution in [0.25, 0.3) is 0 Å². The Hall–Kier alpha value is -2.38. The summed E-state index contributed by atoms with van der Waals surface area (Å²) in [7, 11) is 0. The summed E-state index contributed by atoms with van der Waals surface area (Å²) in [4.78, 5) is 0. The van der Waals surface area contributed by atoms with E-state index in [4.69, 9.17) is 15.8 Å². The van der Waals surface area contributed by atoms with Gasteiger partial charge in [0.2, 0.25) is 0 Å². The molecule has 1 rings (SSSR count). The smallest absolute Gasteiger partial charge is 0.142 e. The lowest BCUT2D eigenvalue weighted by molar-refractivity contribution is 0.623. The van der Waals surface area contributed by atoms with Crippen LogP contribution in [0.5, 0.6) is 0 Å². The van der Waals surface area contributed by atoms with Gasteiger partial charge in [-0.3, -0.25) is 0 Å². The van der Waals surface area contributed by atoms with Crippen molar-refractivity contribution in [2.45, 2.75) is 0 Å². The van der Waals surface area contributed by atoms with Crippen LogP contribution in [0.2, 0.25) is 0 Å². The van der Waals surface area contributed by atoms with Gasteiger partial charge in [0, 0.05) is 0 Å². The Bertz CT molecular complexity index is 471. The zero-order valence-electron chi connectivity index (χ0n) is 6.37. The predicted octanol–water partition coefficient (Wildman–Crippen LogP) is 1.44. The van der Waals surface area contributed by atoms with Crippen molar-refractivity contribution < 1.29 is 4.39 Å². The highest BCUT2D eigenvalue weighted by Crippen LogP contribution is 2.13.